The van der Waals surface area contributed by atoms with Crippen LogP contribution in [0.4, 0.5) is 5.69 Å². The highest BCUT2D eigenvalue weighted by Crippen LogP contribution is 2.24. The number of carbonyl (C=O) groups excluding carboxylic acids is 1. The Balaban J connectivity index is 1.73. The number of halogens is 1. The van der Waals surface area contributed by atoms with Crippen molar-refractivity contribution < 1.29 is 9.72 Å². The third-order valence-corrected chi connectivity index (χ3v) is 5.17. The Bertz CT molecular complexity index is 980. The molecule has 2 aromatic carbocycles. The molecule has 130 valence electrons. The highest BCUT2D eigenvalue weighted by atomic mass is 35.5. The summed E-state index contributed by atoms with van der Waals surface area (Å²) in [7, 11) is 0. The molecule has 0 saturated carbocycles. The van der Waals surface area contributed by atoms with Gasteiger partial charge in [0, 0.05) is 28.5 Å². The maximum atomic E-state index is 12.4. The second-order valence-electron chi connectivity index (χ2n) is 5.59. The molecule has 6 heteroatoms. The van der Waals surface area contributed by atoms with Crippen molar-refractivity contribution in [2.45, 2.75) is 6.42 Å². The molecule has 0 aliphatic carbocycles. The first-order valence-electron chi connectivity index (χ1n) is 7.82. The van der Waals surface area contributed by atoms with E-state index < -0.39 is 4.92 Å². The lowest BCUT2D eigenvalue weighted by Gasteiger charge is -1.98. The van der Waals surface area contributed by atoms with E-state index in [1.54, 1.807) is 6.07 Å². The fourth-order valence-corrected chi connectivity index (χ4v) is 3.57. The Hall–Kier alpha value is -2.76. The molecule has 0 aliphatic rings. The maximum absolute atomic E-state index is 12.4. The highest BCUT2D eigenvalue weighted by molar-refractivity contribution is 7.14. The average molecular weight is 384 g/mol. The number of rotatable bonds is 6. The molecule has 0 amide bonds. The summed E-state index contributed by atoms with van der Waals surface area (Å²) in [6.07, 6.45) is 3.68. The van der Waals surface area contributed by atoms with Gasteiger partial charge >= 0.3 is 0 Å². The van der Waals surface area contributed by atoms with Crippen molar-refractivity contribution in [2.24, 2.45) is 0 Å². The SMILES string of the molecule is O=C(/C=C/c1cc([N+](=O)[O-])ccc1Cl)c1ccc(Cc2ccccc2)s1. The summed E-state index contributed by atoms with van der Waals surface area (Å²) in [5, 5.41) is 11.2. The summed E-state index contributed by atoms with van der Waals surface area (Å²) in [5.41, 5.74) is 1.56. The quantitative estimate of drug-likeness (QED) is 0.234. The Morgan fingerprint density at radius 2 is 1.88 bits per heavy atom. The molecule has 0 bridgehead atoms. The van der Waals surface area contributed by atoms with E-state index in [1.807, 2.05) is 36.4 Å². The molecule has 1 heterocycles. The predicted octanol–water partition coefficient (Wildman–Crippen LogP) is 5.80. The number of carbonyl (C=O) groups is 1. The van der Waals surface area contributed by atoms with Crippen LogP contribution in [0.1, 0.15) is 25.7 Å². The van der Waals surface area contributed by atoms with E-state index in [9.17, 15) is 14.9 Å². The van der Waals surface area contributed by atoms with Crippen molar-refractivity contribution in [3.8, 4) is 0 Å². The Labute approximate surface area is 159 Å². The number of nitrogens with zero attached hydrogens (tertiary/aromatic N) is 1. The molecule has 0 unspecified atom stereocenters. The van der Waals surface area contributed by atoms with Crippen LogP contribution in [0, 0.1) is 10.1 Å². The Morgan fingerprint density at radius 3 is 2.62 bits per heavy atom. The van der Waals surface area contributed by atoms with Crippen LogP contribution in [-0.4, -0.2) is 10.7 Å². The lowest BCUT2D eigenvalue weighted by Crippen LogP contribution is -1.91. The van der Waals surface area contributed by atoms with Gasteiger partial charge in [-0.1, -0.05) is 41.9 Å². The molecule has 4 nitrogen and oxygen atoms in total. The van der Waals surface area contributed by atoms with Crippen molar-refractivity contribution in [2.75, 3.05) is 0 Å². The van der Waals surface area contributed by atoms with Crippen molar-refractivity contribution in [3.63, 3.8) is 0 Å². The van der Waals surface area contributed by atoms with E-state index in [2.05, 4.69) is 0 Å². The molecule has 0 saturated heterocycles. The monoisotopic (exact) mass is 383 g/mol. The first-order valence-corrected chi connectivity index (χ1v) is 9.01. The molecule has 1 aromatic heterocycles. The van der Waals surface area contributed by atoms with Gasteiger partial charge in [-0.25, -0.2) is 0 Å². The van der Waals surface area contributed by atoms with E-state index >= 15 is 0 Å². The van der Waals surface area contributed by atoms with Crippen molar-refractivity contribution in [1.29, 1.82) is 0 Å². The first-order chi connectivity index (χ1) is 12.5. The van der Waals surface area contributed by atoms with Gasteiger partial charge in [-0.15, -0.1) is 11.3 Å². The van der Waals surface area contributed by atoms with E-state index in [4.69, 9.17) is 11.6 Å². The lowest BCUT2D eigenvalue weighted by molar-refractivity contribution is -0.384. The number of benzene rings is 2. The van der Waals surface area contributed by atoms with Crippen LogP contribution in [0.5, 0.6) is 0 Å². The second-order valence-corrected chi connectivity index (χ2v) is 7.16. The fourth-order valence-electron chi connectivity index (χ4n) is 2.42. The van der Waals surface area contributed by atoms with Gasteiger partial charge in [0.2, 0.25) is 0 Å². The van der Waals surface area contributed by atoms with Gasteiger partial charge in [-0.2, -0.15) is 0 Å². The van der Waals surface area contributed by atoms with Gasteiger partial charge in [0.25, 0.3) is 5.69 Å². The minimum atomic E-state index is -0.495. The van der Waals surface area contributed by atoms with Crippen LogP contribution in [0.15, 0.2) is 66.7 Å². The van der Waals surface area contributed by atoms with Crippen molar-refractivity contribution in [3.05, 3.63) is 103 Å². The van der Waals surface area contributed by atoms with Crippen LogP contribution >= 0.6 is 22.9 Å². The highest BCUT2D eigenvalue weighted by Gasteiger charge is 2.10. The zero-order valence-electron chi connectivity index (χ0n) is 13.6. The second kappa shape index (κ2) is 8.08. The smallest absolute Gasteiger partial charge is 0.270 e. The molecule has 0 aliphatic heterocycles. The molecule has 0 N–H and O–H groups in total. The summed E-state index contributed by atoms with van der Waals surface area (Å²) >= 11 is 7.48. The fraction of sp³-hybridized carbons (Fsp3) is 0.0500. The third-order valence-electron chi connectivity index (χ3n) is 3.73. The molecule has 3 rings (SSSR count). The number of hydrogen-bond acceptors (Lipinski definition) is 4. The number of allylic oxidation sites excluding steroid dienone is 1. The molecule has 3 aromatic rings. The molecule has 0 radical (unpaired) electrons. The lowest BCUT2D eigenvalue weighted by atomic mass is 10.1. The number of ketones is 1. The largest absolute Gasteiger partial charge is 0.288 e. The summed E-state index contributed by atoms with van der Waals surface area (Å²) < 4.78 is 0. The van der Waals surface area contributed by atoms with Crippen LogP contribution in [0.2, 0.25) is 5.02 Å². The number of hydrogen-bond donors (Lipinski definition) is 0. The number of nitro groups is 1. The summed E-state index contributed by atoms with van der Waals surface area (Å²) in [5.74, 6) is -0.156. The topological polar surface area (TPSA) is 60.2 Å². The molecule has 0 atom stereocenters. The normalized spacial score (nSPS) is 11.0. The van der Waals surface area contributed by atoms with Gasteiger partial charge in [-0.3, -0.25) is 14.9 Å². The molecular weight excluding hydrogens is 370 g/mol. The van der Waals surface area contributed by atoms with Crippen LogP contribution in [0.25, 0.3) is 6.08 Å². The van der Waals surface area contributed by atoms with E-state index in [1.165, 1.54) is 47.3 Å². The average Bonchev–Trinajstić information content (AvgIpc) is 3.10. The first kappa shape index (κ1) is 18.0. The number of nitro benzene ring substituents is 1. The van der Waals surface area contributed by atoms with Crippen LogP contribution < -0.4 is 0 Å². The zero-order chi connectivity index (χ0) is 18.5. The van der Waals surface area contributed by atoms with Crippen LogP contribution in [-0.2, 0) is 6.42 Å². The minimum absolute atomic E-state index is 0.0669. The van der Waals surface area contributed by atoms with E-state index in [0.717, 1.165) is 11.3 Å². The predicted molar refractivity (Wildman–Crippen MR) is 105 cm³/mol. The summed E-state index contributed by atoms with van der Waals surface area (Å²) in [6.45, 7) is 0. The van der Waals surface area contributed by atoms with Gasteiger partial charge in [0.15, 0.2) is 5.78 Å². The van der Waals surface area contributed by atoms with Crippen molar-refractivity contribution >= 4 is 40.5 Å². The molecule has 26 heavy (non-hydrogen) atoms. The molecular formula is C20H14ClNO3S. The van der Waals surface area contributed by atoms with Crippen LogP contribution in [0.3, 0.4) is 0 Å². The number of non-ortho nitro benzene ring substituents is 1. The Kier molecular flexibility index (Phi) is 5.61. The molecule has 0 spiro atoms. The standard InChI is InChI=1S/C20H14ClNO3S/c21-18-9-7-16(22(24)25)13-15(18)6-10-19(23)20-11-8-17(26-20)12-14-4-2-1-3-5-14/h1-11,13H,12H2/b10-6+. The Morgan fingerprint density at radius 1 is 1.12 bits per heavy atom. The zero-order valence-corrected chi connectivity index (χ0v) is 15.2. The minimum Gasteiger partial charge on any atom is -0.288 e. The summed E-state index contributed by atoms with van der Waals surface area (Å²) in [4.78, 5) is 24.4. The van der Waals surface area contributed by atoms with E-state index in [-0.39, 0.29) is 11.5 Å². The van der Waals surface area contributed by atoms with E-state index in [0.29, 0.717) is 15.5 Å². The third kappa shape index (κ3) is 4.45. The van der Waals surface area contributed by atoms with Gasteiger partial charge in [-0.05, 0) is 41.5 Å². The van der Waals surface area contributed by atoms with Crippen molar-refractivity contribution in [1.82, 2.24) is 0 Å². The van der Waals surface area contributed by atoms with Gasteiger partial charge in [0.05, 0.1) is 9.80 Å². The maximum Gasteiger partial charge on any atom is 0.270 e. The van der Waals surface area contributed by atoms with Gasteiger partial charge in [0.1, 0.15) is 0 Å². The number of thiophene rings is 1. The molecule has 0 fully saturated rings. The van der Waals surface area contributed by atoms with Gasteiger partial charge < -0.3 is 0 Å². The summed E-state index contributed by atoms with van der Waals surface area (Å²) in [6, 6.07) is 17.9.